The van der Waals surface area contributed by atoms with Gasteiger partial charge in [0.05, 0.1) is 35.1 Å². The van der Waals surface area contributed by atoms with E-state index in [2.05, 4.69) is 10.6 Å². The molecule has 61 heavy (non-hydrogen) atoms. The minimum atomic E-state index is -4.85. The molecule has 0 radical (unpaired) electrons. The number of nitrogens with one attached hydrogen (secondary N) is 2. The summed E-state index contributed by atoms with van der Waals surface area (Å²) in [5.74, 6) is -2.86. The quantitative estimate of drug-likeness (QED) is 0.0772. The van der Waals surface area contributed by atoms with E-state index >= 15 is 4.39 Å². The first kappa shape index (κ1) is 41.4. The lowest BCUT2D eigenvalue weighted by molar-refractivity contribution is -0.138. The molecular weight excluding hydrogens is 817 g/mol. The van der Waals surface area contributed by atoms with E-state index in [9.17, 15) is 37.6 Å². The Balaban J connectivity index is 0.864. The van der Waals surface area contributed by atoms with Gasteiger partial charge in [0.25, 0.3) is 5.91 Å². The number of fused-ring (bicyclic) bond motifs is 3. The number of alkyl halides is 3. The highest BCUT2D eigenvalue weighted by Crippen LogP contribution is 2.43. The smallest absolute Gasteiger partial charge is 0.417 e. The topological polar surface area (TPSA) is 148 Å². The summed E-state index contributed by atoms with van der Waals surface area (Å²) in [4.78, 5) is 55.7. The van der Waals surface area contributed by atoms with E-state index in [1.165, 1.54) is 43.0 Å². The summed E-state index contributed by atoms with van der Waals surface area (Å²) in [5.41, 5.74) is -1.28. The number of nitriles is 1. The maximum absolute atomic E-state index is 15.5. The summed E-state index contributed by atoms with van der Waals surface area (Å²) in [7, 11) is 1.88. The van der Waals surface area contributed by atoms with Crippen LogP contribution in [0.25, 0.3) is 21.7 Å². The Morgan fingerprint density at radius 3 is 2.57 bits per heavy atom. The Bertz CT molecular complexity index is 2710. The lowest BCUT2D eigenvalue weighted by atomic mass is 9.88. The first-order valence-corrected chi connectivity index (χ1v) is 19.9. The second-order valence-corrected chi connectivity index (χ2v) is 16.4. The molecule has 1 saturated carbocycles. The molecular formula is C44H38F4N6O6S. The standard InChI is InChI=1S/C44H38F4N6O6S/c1-43(2)41(58)53(25-8-7-23(20-49)32(18-25)44(46,47)48)42(61)54(43)26-9-12-35(33(45)19-26)59-16-15-52(3)21-24-17-30(24)40(57)50-34-6-4-5-28-27(34)10-13-36-38(28)31(22-60-36)29-11-14-37(55)51-39(29)56/h4-10,12-13,18-19,22,24,29-30H,11,14-17,21H2,1-3H3,(H,50,57)(H,51,55,56)/t24?,29-,30?/m1/s1. The Hall–Kier alpha value is -6.38. The number of ether oxygens (including phenoxy) is 1. The van der Waals surface area contributed by atoms with Gasteiger partial charge in [0, 0.05) is 59.2 Å². The molecule has 0 spiro atoms. The molecule has 0 bridgehead atoms. The maximum Gasteiger partial charge on any atom is 0.417 e. The lowest BCUT2D eigenvalue weighted by Gasteiger charge is -2.29. The molecule has 314 valence electrons. The van der Waals surface area contributed by atoms with Gasteiger partial charge in [0.1, 0.15) is 17.7 Å². The molecule has 8 rings (SSSR count). The van der Waals surface area contributed by atoms with Crippen LogP contribution >= 0.6 is 12.2 Å². The third kappa shape index (κ3) is 7.65. The Morgan fingerprint density at radius 2 is 1.85 bits per heavy atom. The molecule has 1 aliphatic carbocycles. The number of thiocarbonyl (C=S) groups is 1. The van der Waals surface area contributed by atoms with Crippen LogP contribution in [0.2, 0.25) is 0 Å². The molecule has 1 aromatic heterocycles. The van der Waals surface area contributed by atoms with Gasteiger partial charge >= 0.3 is 6.18 Å². The molecule has 5 aromatic rings. The lowest BCUT2D eigenvalue weighted by Crippen LogP contribution is -2.44. The number of amides is 4. The number of rotatable bonds is 11. The van der Waals surface area contributed by atoms with Gasteiger partial charge in [-0.25, -0.2) is 4.39 Å². The maximum atomic E-state index is 15.5. The van der Waals surface area contributed by atoms with Crippen molar-refractivity contribution in [3.05, 3.63) is 95.5 Å². The minimum absolute atomic E-state index is 0.0548. The first-order valence-electron chi connectivity index (χ1n) is 19.5. The van der Waals surface area contributed by atoms with Crippen LogP contribution in [0.5, 0.6) is 5.75 Å². The van der Waals surface area contributed by atoms with E-state index in [1.807, 2.05) is 36.2 Å². The second-order valence-electron chi connectivity index (χ2n) is 16.0. The Morgan fingerprint density at radius 1 is 1.08 bits per heavy atom. The second kappa shape index (κ2) is 15.6. The summed E-state index contributed by atoms with van der Waals surface area (Å²) >= 11 is 5.56. The van der Waals surface area contributed by atoms with E-state index in [0.29, 0.717) is 48.8 Å². The number of furan rings is 1. The normalized spacial score (nSPS) is 20.1. The molecule has 3 atom stereocenters. The number of hydrogen-bond donors (Lipinski definition) is 2. The molecule has 3 heterocycles. The van der Waals surface area contributed by atoms with Crippen LogP contribution in [-0.2, 0) is 25.4 Å². The van der Waals surface area contributed by atoms with Gasteiger partial charge in [-0.15, -0.1) is 0 Å². The zero-order valence-corrected chi connectivity index (χ0v) is 33.9. The molecule has 3 aliphatic rings. The number of hydrogen-bond acceptors (Lipinski definition) is 9. The van der Waals surface area contributed by atoms with Crippen molar-refractivity contribution in [1.82, 2.24) is 10.2 Å². The van der Waals surface area contributed by atoms with E-state index in [4.69, 9.17) is 21.4 Å². The molecule has 2 aliphatic heterocycles. The van der Waals surface area contributed by atoms with Crippen molar-refractivity contribution in [1.29, 1.82) is 5.26 Å². The number of piperidine rings is 1. The SMILES string of the molecule is CN(CCOc1ccc(N2C(=S)N(c3ccc(C#N)c(C(F)(F)F)c3)C(=O)C2(C)C)cc1F)CC1CC1C(=O)Nc1cccc2c1ccc1occ([C@H]3CCC(=O)NC3=O)c12. The molecule has 12 nitrogen and oxygen atoms in total. The van der Waals surface area contributed by atoms with Crippen LogP contribution in [0.15, 0.2) is 77.4 Å². The fourth-order valence-electron chi connectivity index (χ4n) is 8.28. The van der Waals surface area contributed by atoms with Crippen LogP contribution in [0, 0.1) is 29.0 Å². The highest BCUT2D eigenvalue weighted by molar-refractivity contribution is 7.81. The zero-order valence-electron chi connectivity index (χ0n) is 33.1. The first-order chi connectivity index (χ1) is 29.0. The number of nitrogens with zero attached hydrogens (tertiary/aromatic N) is 4. The summed E-state index contributed by atoms with van der Waals surface area (Å²) in [6, 6.07) is 17.7. The van der Waals surface area contributed by atoms with E-state index < -0.39 is 40.5 Å². The highest BCUT2D eigenvalue weighted by Gasteiger charge is 2.51. The van der Waals surface area contributed by atoms with Crippen LogP contribution in [-0.4, -0.2) is 65.9 Å². The van der Waals surface area contributed by atoms with Crippen molar-refractivity contribution >= 4 is 79.8 Å². The average Bonchev–Trinajstić information content (AvgIpc) is 3.79. The fourth-order valence-corrected chi connectivity index (χ4v) is 8.80. The van der Waals surface area contributed by atoms with Crippen LogP contribution in [0.4, 0.5) is 34.6 Å². The van der Waals surface area contributed by atoms with E-state index in [-0.39, 0.29) is 64.8 Å². The van der Waals surface area contributed by atoms with Crippen LogP contribution in [0.3, 0.4) is 0 Å². The number of imide groups is 1. The van der Waals surface area contributed by atoms with E-state index in [1.54, 1.807) is 12.3 Å². The third-order valence-electron chi connectivity index (χ3n) is 11.6. The van der Waals surface area contributed by atoms with E-state index in [0.717, 1.165) is 33.2 Å². The summed E-state index contributed by atoms with van der Waals surface area (Å²) < 4.78 is 68.2. The number of halogens is 4. The van der Waals surface area contributed by atoms with Crippen molar-refractivity contribution in [2.24, 2.45) is 11.8 Å². The van der Waals surface area contributed by atoms with Crippen molar-refractivity contribution in [2.75, 3.05) is 41.9 Å². The Kier molecular flexibility index (Phi) is 10.6. The van der Waals surface area contributed by atoms with Gasteiger partial charge in [-0.05, 0) is 106 Å². The van der Waals surface area contributed by atoms with Crippen molar-refractivity contribution in [2.45, 2.75) is 50.7 Å². The molecule has 2 N–H and O–H groups in total. The number of carbonyl (C=O) groups excluding carboxylic acids is 4. The third-order valence-corrected chi connectivity index (χ3v) is 11.9. The van der Waals surface area contributed by atoms with Gasteiger partial charge in [-0.3, -0.25) is 29.4 Å². The monoisotopic (exact) mass is 854 g/mol. The van der Waals surface area contributed by atoms with Crippen molar-refractivity contribution in [3.63, 3.8) is 0 Å². The van der Waals surface area contributed by atoms with Crippen molar-refractivity contribution < 1.29 is 45.9 Å². The van der Waals surface area contributed by atoms with Crippen LogP contribution in [0.1, 0.15) is 55.7 Å². The summed E-state index contributed by atoms with van der Waals surface area (Å²) in [6.45, 7) is 4.18. The average molecular weight is 855 g/mol. The molecule has 4 amide bonds. The predicted octanol–water partition coefficient (Wildman–Crippen LogP) is 7.64. The van der Waals surface area contributed by atoms with Gasteiger partial charge in [0.2, 0.25) is 17.7 Å². The predicted molar refractivity (Wildman–Crippen MR) is 221 cm³/mol. The van der Waals surface area contributed by atoms with Gasteiger partial charge < -0.3 is 24.3 Å². The molecule has 3 fully saturated rings. The molecule has 2 saturated heterocycles. The molecule has 17 heteroatoms. The van der Waals surface area contributed by atoms with Gasteiger partial charge in [-0.1, -0.05) is 12.1 Å². The largest absolute Gasteiger partial charge is 0.489 e. The van der Waals surface area contributed by atoms with Crippen LogP contribution < -0.4 is 25.2 Å². The minimum Gasteiger partial charge on any atom is -0.489 e. The summed E-state index contributed by atoms with van der Waals surface area (Å²) in [5, 5.41) is 16.9. The molecule has 2 unspecified atom stereocenters. The zero-order chi connectivity index (χ0) is 43.5. The van der Waals surface area contributed by atoms with Gasteiger partial charge in [-0.2, -0.15) is 18.4 Å². The summed E-state index contributed by atoms with van der Waals surface area (Å²) in [6.07, 6.45) is -1.99. The fraction of sp³-hybridized carbons (Fsp3) is 0.318. The molecule has 4 aromatic carbocycles. The number of anilines is 3. The number of carbonyl (C=O) groups is 4. The highest BCUT2D eigenvalue weighted by atomic mass is 32.1. The van der Waals surface area contributed by atoms with Gasteiger partial charge in [0.15, 0.2) is 16.7 Å². The number of likely N-dealkylation sites (N-methyl/N-ethyl adjacent to an activating group) is 1. The number of benzene rings is 4. The Labute approximate surface area is 352 Å². The van der Waals surface area contributed by atoms with Crippen molar-refractivity contribution in [3.8, 4) is 11.8 Å².